The normalized spacial score (nSPS) is 14.2. The van der Waals surface area contributed by atoms with Crippen LogP contribution >= 0.6 is 23.1 Å². The molecule has 0 spiro atoms. The highest BCUT2D eigenvalue weighted by Crippen LogP contribution is 2.27. The Morgan fingerprint density at radius 2 is 2.24 bits per heavy atom. The fraction of sp³-hybridized carbons (Fsp3) is 0.500. The number of fused-ring (bicyclic) bond motifs is 1. The van der Waals surface area contributed by atoms with Gasteiger partial charge in [-0.3, -0.25) is 14.2 Å². The first kappa shape index (κ1) is 16.0. The van der Waals surface area contributed by atoms with Crippen molar-refractivity contribution in [1.29, 1.82) is 0 Å². The third-order valence-electron chi connectivity index (χ3n) is 3.70. The van der Waals surface area contributed by atoms with E-state index < -0.39 is 5.97 Å². The van der Waals surface area contributed by atoms with E-state index in [0.717, 1.165) is 18.2 Å². The summed E-state index contributed by atoms with van der Waals surface area (Å²) in [6.45, 7) is 6.15. The summed E-state index contributed by atoms with van der Waals surface area (Å²) in [5, 5.41) is 11.8. The maximum Gasteiger partial charge on any atom is 0.313 e. The van der Waals surface area contributed by atoms with Gasteiger partial charge in [0.05, 0.1) is 11.1 Å². The van der Waals surface area contributed by atoms with E-state index in [1.54, 1.807) is 10.6 Å². The number of hydrogen-bond acceptors (Lipinski definition) is 5. The van der Waals surface area contributed by atoms with Crippen LogP contribution in [0.25, 0.3) is 10.2 Å². The first-order chi connectivity index (χ1) is 9.95. The fourth-order valence-corrected chi connectivity index (χ4v) is 3.70. The van der Waals surface area contributed by atoms with Gasteiger partial charge in [-0.25, -0.2) is 4.98 Å². The summed E-state index contributed by atoms with van der Waals surface area (Å²) in [6, 6.07) is 1.76. The summed E-state index contributed by atoms with van der Waals surface area (Å²) >= 11 is 2.50. The lowest BCUT2D eigenvalue weighted by atomic mass is 10.0. The van der Waals surface area contributed by atoms with Gasteiger partial charge in [0.1, 0.15) is 4.83 Å². The molecule has 0 aliphatic carbocycles. The second kappa shape index (κ2) is 6.62. The Morgan fingerprint density at radius 1 is 1.52 bits per heavy atom. The third-order valence-corrected chi connectivity index (χ3v) is 5.44. The highest BCUT2D eigenvalue weighted by molar-refractivity contribution is 7.99. The standard InChI is InChI=1S/C14H18N2O3S2/c1-4-8(2)9(3)16-13(19)10-5-6-20-12(10)15-14(16)21-7-11(17)18/h5-6,8-9H,4,7H2,1-3H3,(H,17,18). The van der Waals surface area contributed by atoms with Crippen LogP contribution < -0.4 is 5.56 Å². The molecule has 0 bridgehead atoms. The Balaban J connectivity index is 2.57. The van der Waals surface area contributed by atoms with E-state index in [1.807, 2.05) is 12.3 Å². The van der Waals surface area contributed by atoms with Crippen LogP contribution in [0.1, 0.15) is 33.2 Å². The SMILES string of the molecule is CCC(C)C(C)n1c(SCC(=O)O)nc2sccc2c1=O. The molecule has 7 heteroatoms. The first-order valence-corrected chi connectivity index (χ1v) is 8.66. The molecule has 0 aromatic carbocycles. The summed E-state index contributed by atoms with van der Waals surface area (Å²) in [6.07, 6.45) is 0.943. The molecule has 21 heavy (non-hydrogen) atoms. The number of aliphatic carboxylic acids is 1. The lowest BCUT2D eigenvalue weighted by Crippen LogP contribution is -2.29. The van der Waals surface area contributed by atoms with Gasteiger partial charge in [0.15, 0.2) is 5.16 Å². The zero-order valence-electron chi connectivity index (χ0n) is 12.2. The van der Waals surface area contributed by atoms with Crippen molar-refractivity contribution in [2.75, 3.05) is 5.75 Å². The topological polar surface area (TPSA) is 72.2 Å². The van der Waals surface area contributed by atoms with Crippen molar-refractivity contribution in [1.82, 2.24) is 9.55 Å². The van der Waals surface area contributed by atoms with Gasteiger partial charge in [-0.15, -0.1) is 11.3 Å². The second-order valence-corrected chi connectivity index (χ2v) is 6.85. The van der Waals surface area contributed by atoms with E-state index in [-0.39, 0.29) is 17.4 Å². The molecule has 0 saturated carbocycles. The van der Waals surface area contributed by atoms with E-state index in [4.69, 9.17) is 5.11 Å². The zero-order chi connectivity index (χ0) is 15.6. The Kier molecular flexibility index (Phi) is 5.05. The van der Waals surface area contributed by atoms with Crippen LogP contribution in [0.2, 0.25) is 0 Å². The number of carboxylic acids is 1. The molecule has 5 nitrogen and oxygen atoms in total. The molecule has 2 aromatic heterocycles. The quantitative estimate of drug-likeness (QED) is 0.652. The molecule has 114 valence electrons. The number of carbonyl (C=O) groups is 1. The summed E-state index contributed by atoms with van der Waals surface area (Å²) < 4.78 is 1.65. The van der Waals surface area contributed by atoms with E-state index in [0.29, 0.717) is 21.3 Å². The molecule has 2 unspecified atom stereocenters. The van der Waals surface area contributed by atoms with Gasteiger partial charge in [0.2, 0.25) is 0 Å². The monoisotopic (exact) mass is 326 g/mol. The molecule has 0 aliphatic rings. The molecule has 1 N–H and O–H groups in total. The number of thioether (sulfide) groups is 1. The highest BCUT2D eigenvalue weighted by atomic mass is 32.2. The summed E-state index contributed by atoms with van der Waals surface area (Å²) in [5.41, 5.74) is -0.0815. The van der Waals surface area contributed by atoms with Crippen molar-refractivity contribution < 1.29 is 9.90 Å². The van der Waals surface area contributed by atoms with Gasteiger partial charge in [0.25, 0.3) is 5.56 Å². The van der Waals surface area contributed by atoms with Gasteiger partial charge >= 0.3 is 5.97 Å². The van der Waals surface area contributed by atoms with Crippen LogP contribution in [0.3, 0.4) is 0 Å². The number of nitrogens with zero attached hydrogens (tertiary/aromatic N) is 2. The van der Waals surface area contributed by atoms with Crippen molar-refractivity contribution in [3.8, 4) is 0 Å². The van der Waals surface area contributed by atoms with Crippen molar-refractivity contribution in [3.63, 3.8) is 0 Å². The molecular weight excluding hydrogens is 308 g/mol. The fourth-order valence-electron chi connectivity index (χ4n) is 2.09. The minimum Gasteiger partial charge on any atom is -0.481 e. The van der Waals surface area contributed by atoms with Crippen LogP contribution in [-0.2, 0) is 4.79 Å². The summed E-state index contributed by atoms with van der Waals surface area (Å²) in [7, 11) is 0. The minimum atomic E-state index is -0.914. The average Bonchev–Trinajstić information content (AvgIpc) is 2.92. The number of carboxylic acid groups (broad SMARTS) is 1. The van der Waals surface area contributed by atoms with E-state index in [1.165, 1.54) is 11.3 Å². The maximum atomic E-state index is 12.7. The largest absolute Gasteiger partial charge is 0.481 e. The van der Waals surface area contributed by atoms with E-state index >= 15 is 0 Å². The Labute approximate surface area is 131 Å². The molecule has 0 fully saturated rings. The lowest BCUT2D eigenvalue weighted by molar-refractivity contribution is -0.133. The molecule has 0 aliphatic heterocycles. The number of aromatic nitrogens is 2. The second-order valence-electron chi connectivity index (χ2n) is 5.02. The Bertz CT molecular complexity index is 708. The molecule has 2 rings (SSSR count). The number of thiophene rings is 1. The van der Waals surface area contributed by atoms with E-state index in [2.05, 4.69) is 18.8 Å². The van der Waals surface area contributed by atoms with Crippen LogP contribution in [0, 0.1) is 5.92 Å². The molecule has 0 radical (unpaired) electrons. The van der Waals surface area contributed by atoms with Gasteiger partial charge in [-0.05, 0) is 24.3 Å². The van der Waals surface area contributed by atoms with Crippen LogP contribution in [0.5, 0.6) is 0 Å². The number of rotatable bonds is 6. The Morgan fingerprint density at radius 3 is 2.86 bits per heavy atom. The van der Waals surface area contributed by atoms with E-state index in [9.17, 15) is 9.59 Å². The Hall–Kier alpha value is -1.34. The van der Waals surface area contributed by atoms with Crippen LogP contribution in [0.4, 0.5) is 0 Å². The summed E-state index contributed by atoms with van der Waals surface area (Å²) in [4.78, 5) is 28.6. The zero-order valence-corrected chi connectivity index (χ0v) is 13.8. The van der Waals surface area contributed by atoms with Crippen molar-refractivity contribution in [2.24, 2.45) is 5.92 Å². The van der Waals surface area contributed by atoms with Crippen molar-refractivity contribution in [3.05, 3.63) is 21.8 Å². The predicted molar refractivity (Wildman–Crippen MR) is 86.4 cm³/mol. The van der Waals surface area contributed by atoms with Gasteiger partial charge in [-0.1, -0.05) is 32.0 Å². The van der Waals surface area contributed by atoms with Gasteiger partial charge < -0.3 is 5.11 Å². The van der Waals surface area contributed by atoms with Crippen molar-refractivity contribution in [2.45, 2.75) is 38.4 Å². The lowest BCUT2D eigenvalue weighted by Gasteiger charge is -2.23. The van der Waals surface area contributed by atoms with Crippen LogP contribution in [0.15, 0.2) is 21.4 Å². The smallest absolute Gasteiger partial charge is 0.313 e. The summed E-state index contributed by atoms with van der Waals surface area (Å²) in [5.74, 6) is -0.704. The highest BCUT2D eigenvalue weighted by Gasteiger charge is 2.21. The number of hydrogen-bond donors (Lipinski definition) is 1. The molecule has 2 heterocycles. The molecule has 0 saturated heterocycles. The average molecular weight is 326 g/mol. The first-order valence-electron chi connectivity index (χ1n) is 6.80. The van der Waals surface area contributed by atoms with Crippen LogP contribution in [-0.4, -0.2) is 26.4 Å². The van der Waals surface area contributed by atoms with Gasteiger partial charge in [0, 0.05) is 6.04 Å². The molecule has 0 amide bonds. The minimum absolute atomic E-state index is 0.0180. The predicted octanol–water partition coefficient (Wildman–Crippen LogP) is 3.24. The van der Waals surface area contributed by atoms with Crippen molar-refractivity contribution >= 4 is 39.3 Å². The maximum absolute atomic E-state index is 12.7. The third kappa shape index (κ3) is 3.29. The molecule has 2 atom stereocenters. The molecule has 2 aromatic rings. The van der Waals surface area contributed by atoms with Gasteiger partial charge in [-0.2, -0.15) is 0 Å². The molecular formula is C14H18N2O3S2.